The molecule has 1 saturated heterocycles. The Hall–Kier alpha value is -5.17. The number of nitrogens with two attached hydrogens (primary N) is 1. The van der Waals surface area contributed by atoms with Crippen molar-refractivity contribution in [3.63, 3.8) is 0 Å². The van der Waals surface area contributed by atoms with Gasteiger partial charge in [0.1, 0.15) is 18.1 Å². The molecule has 4 unspecified atom stereocenters. The first-order valence-electron chi connectivity index (χ1n) is 14.3. The van der Waals surface area contributed by atoms with E-state index in [-0.39, 0.29) is 19.4 Å². The summed E-state index contributed by atoms with van der Waals surface area (Å²) < 4.78 is 0. The summed E-state index contributed by atoms with van der Waals surface area (Å²) in [6.45, 7) is 0.278. The fraction of sp³-hybridized carbons (Fsp3) is 0.323. The summed E-state index contributed by atoms with van der Waals surface area (Å²) in [6.07, 6.45) is 3.66. The first kappa shape index (κ1) is 30.3. The van der Waals surface area contributed by atoms with Gasteiger partial charge in [0.25, 0.3) is 0 Å². The van der Waals surface area contributed by atoms with E-state index in [0.29, 0.717) is 18.4 Å². The Morgan fingerprint density at radius 3 is 2.05 bits per heavy atom. The Labute approximate surface area is 251 Å². The number of nitrogens with one attached hydrogen (secondary N) is 4. The number of hydrogen-bond donors (Lipinski definition) is 7. The second-order valence-corrected chi connectivity index (χ2v) is 11.0. The van der Waals surface area contributed by atoms with Crippen LogP contribution in [0.4, 0.5) is 0 Å². The number of likely N-dealkylation sites (tertiary alicyclic amines) is 1. The molecule has 0 bridgehead atoms. The summed E-state index contributed by atoms with van der Waals surface area (Å²) in [4.78, 5) is 71.1. The van der Waals surface area contributed by atoms with Gasteiger partial charge >= 0.3 is 11.9 Å². The number of carboxylic acid groups (broad SMARTS) is 2. The summed E-state index contributed by atoms with van der Waals surface area (Å²) in [7, 11) is 0. The Kier molecular flexibility index (Phi) is 8.95. The van der Waals surface area contributed by atoms with Crippen molar-refractivity contribution in [1.82, 2.24) is 25.5 Å². The summed E-state index contributed by atoms with van der Waals surface area (Å²) in [6, 6.07) is 10.1. The molecule has 0 radical (unpaired) electrons. The molecule has 0 spiro atoms. The third-order valence-corrected chi connectivity index (χ3v) is 8.00. The average Bonchev–Trinajstić information content (AvgIpc) is 3.75. The van der Waals surface area contributed by atoms with Crippen molar-refractivity contribution in [3.8, 4) is 0 Å². The number of carboxylic acids is 2. The molecule has 3 amide bonds. The van der Waals surface area contributed by atoms with Gasteiger partial charge in [-0.05, 0) is 42.5 Å². The van der Waals surface area contributed by atoms with Crippen molar-refractivity contribution in [2.75, 3.05) is 6.54 Å². The highest BCUT2D eigenvalue weighted by atomic mass is 16.4. The van der Waals surface area contributed by atoms with Crippen molar-refractivity contribution in [1.29, 1.82) is 0 Å². The molecule has 0 saturated carbocycles. The van der Waals surface area contributed by atoms with Gasteiger partial charge in [-0.2, -0.15) is 0 Å². The van der Waals surface area contributed by atoms with Gasteiger partial charge in [-0.3, -0.25) is 19.2 Å². The lowest BCUT2D eigenvalue weighted by atomic mass is 10.0. The van der Waals surface area contributed by atoms with Gasteiger partial charge in [-0.15, -0.1) is 0 Å². The minimum absolute atomic E-state index is 0.0714. The van der Waals surface area contributed by atoms with Crippen molar-refractivity contribution >= 4 is 51.5 Å². The molecule has 230 valence electrons. The maximum Gasteiger partial charge on any atom is 0.326 e. The number of fused-ring (bicyclic) bond motifs is 2. The normalized spacial score (nSPS) is 16.8. The second-order valence-electron chi connectivity index (χ2n) is 11.0. The second kappa shape index (κ2) is 13.0. The van der Waals surface area contributed by atoms with Crippen molar-refractivity contribution < 1.29 is 34.2 Å². The summed E-state index contributed by atoms with van der Waals surface area (Å²) in [5.41, 5.74) is 9.51. The molecule has 2 aromatic carbocycles. The number of aliphatic carboxylic acids is 2. The maximum atomic E-state index is 13.4. The molecule has 3 heterocycles. The molecule has 2 aromatic heterocycles. The summed E-state index contributed by atoms with van der Waals surface area (Å²) in [5.74, 6) is -4.79. The van der Waals surface area contributed by atoms with E-state index in [1.807, 2.05) is 42.5 Å². The molecule has 13 heteroatoms. The first-order chi connectivity index (χ1) is 21.1. The molecular weight excluding hydrogens is 568 g/mol. The van der Waals surface area contributed by atoms with E-state index in [4.69, 9.17) is 5.73 Å². The van der Waals surface area contributed by atoms with Crippen molar-refractivity contribution in [2.24, 2.45) is 5.73 Å². The Morgan fingerprint density at radius 1 is 0.864 bits per heavy atom. The maximum absolute atomic E-state index is 13.4. The summed E-state index contributed by atoms with van der Waals surface area (Å²) in [5, 5.41) is 25.8. The van der Waals surface area contributed by atoms with Gasteiger partial charge in [0.05, 0.1) is 12.5 Å². The number of carbonyl (C=O) groups is 5. The Morgan fingerprint density at radius 2 is 1.45 bits per heavy atom. The highest BCUT2D eigenvalue weighted by molar-refractivity contribution is 5.96. The van der Waals surface area contributed by atoms with Crippen molar-refractivity contribution in [3.05, 3.63) is 72.1 Å². The number of rotatable bonds is 12. The third-order valence-electron chi connectivity index (χ3n) is 8.00. The zero-order valence-corrected chi connectivity index (χ0v) is 23.8. The molecule has 1 aliphatic rings. The van der Waals surface area contributed by atoms with E-state index in [1.165, 1.54) is 4.90 Å². The Balaban J connectivity index is 1.25. The minimum atomic E-state index is -1.57. The fourth-order valence-electron chi connectivity index (χ4n) is 5.79. The standard InChI is InChI=1S/C31H34N6O7/c32-21(12-17-15-33-22-8-3-1-6-19(17)22)30(42)37-11-5-10-26(37)29(41)35-24(14-27(38)39)28(40)36-25(31(43)44)13-18-16-34-23-9-4-2-7-20(18)23/h1-4,6-9,15-16,21,24-26,33-34H,5,10-14,32H2,(H,35,41)(H,36,40)(H,38,39)(H,43,44). The van der Waals surface area contributed by atoms with Crippen LogP contribution in [-0.4, -0.2) is 85.5 Å². The lowest BCUT2D eigenvalue weighted by Gasteiger charge is -2.28. The number of aromatic nitrogens is 2. The molecule has 1 aliphatic heterocycles. The lowest BCUT2D eigenvalue weighted by molar-refractivity contribution is -0.144. The first-order valence-corrected chi connectivity index (χ1v) is 14.3. The predicted octanol–water partition coefficient (Wildman–Crippen LogP) is 1.28. The largest absolute Gasteiger partial charge is 0.481 e. The lowest BCUT2D eigenvalue weighted by Crippen LogP contribution is -2.57. The quantitative estimate of drug-likeness (QED) is 0.125. The van der Waals surface area contributed by atoms with Crippen LogP contribution in [0.2, 0.25) is 0 Å². The molecule has 4 atom stereocenters. The van der Waals surface area contributed by atoms with Gasteiger partial charge in [0.2, 0.25) is 17.7 Å². The summed E-state index contributed by atoms with van der Waals surface area (Å²) >= 11 is 0. The zero-order chi connectivity index (χ0) is 31.4. The monoisotopic (exact) mass is 602 g/mol. The van der Waals surface area contributed by atoms with E-state index in [0.717, 1.165) is 27.4 Å². The van der Waals surface area contributed by atoms with E-state index in [1.54, 1.807) is 18.5 Å². The van der Waals surface area contributed by atoms with Crippen LogP contribution in [0.25, 0.3) is 21.8 Å². The van der Waals surface area contributed by atoms with Crippen molar-refractivity contribution in [2.45, 2.75) is 56.3 Å². The van der Waals surface area contributed by atoms with Crippen LogP contribution in [0.3, 0.4) is 0 Å². The van der Waals surface area contributed by atoms with Crippen LogP contribution in [-0.2, 0) is 36.8 Å². The smallest absolute Gasteiger partial charge is 0.326 e. The zero-order valence-electron chi connectivity index (χ0n) is 23.8. The predicted molar refractivity (Wildman–Crippen MR) is 160 cm³/mol. The number of aromatic amines is 2. The molecule has 0 aliphatic carbocycles. The number of para-hydroxylation sites is 2. The van der Waals surface area contributed by atoms with Gasteiger partial charge in [-0.1, -0.05) is 36.4 Å². The molecule has 5 rings (SSSR count). The number of nitrogens with zero attached hydrogens (tertiary/aromatic N) is 1. The van der Waals surface area contributed by atoms with E-state index >= 15 is 0 Å². The van der Waals surface area contributed by atoms with Gasteiger partial charge in [0.15, 0.2) is 0 Å². The van der Waals surface area contributed by atoms with Crippen LogP contribution in [0, 0.1) is 0 Å². The van der Waals surface area contributed by atoms with Crippen LogP contribution in [0.15, 0.2) is 60.9 Å². The van der Waals surface area contributed by atoms with Crippen LogP contribution >= 0.6 is 0 Å². The number of hydrogen-bond acceptors (Lipinski definition) is 6. The Bertz CT molecular complexity index is 1710. The van der Waals surface area contributed by atoms with Gasteiger partial charge in [-0.25, -0.2) is 4.79 Å². The van der Waals surface area contributed by atoms with E-state index in [9.17, 15) is 34.2 Å². The molecule has 13 nitrogen and oxygen atoms in total. The molecular formula is C31H34N6O7. The van der Waals surface area contributed by atoms with Crippen LogP contribution < -0.4 is 16.4 Å². The number of H-pyrrole nitrogens is 2. The number of amides is 3. The third kappa shape index (κ3) is 6.57. The molecule has 1 fully saturated rings. The highest BCUT2D eigenvalue weighted by Gasteiger charge is 2.38. The molecule has 44 heavy (non-hydrogen) atoms. The van der Waals surface area contributed by atoms with Crippen LogP contribution in [0.5, 0.6) is 0 Å². The minimum Gasteiger partial charge on any atom is -0.481 e. The highest BCUT2D eigenvalue weighted by Crippen LogP contribution is 2.23. The van der Waals surface area contributed by atoms with Gasteiger partial charge in [0, 0.05) is 47.2 Å². The van der Waals surface area contributed by atoms with E-state index in [2.05, 4.69) is 20.6 Å². The fourth-order valence-corrected chi connectivity index (χ4v) is 5.79. The van der Waals surface area contributed by atoms with Gasteiger partial charge < -0.3 is 41.4 Å². The topological polar surface area (TPSA) is 211 Å². The van der Waals surface area contributed by atoms with E-state index < -0.39 is 60.2 Å². The molecule has 4 aromatic rings. The SMILES string of the molecule is NC(Cc1c[nH]c2ccccc12)C(=O)N1CCCC1C(=O)NC(CC(=O)O)C(=O)NC(Cc1c[nH]c2ccccc12)C(=O)O. The number of benzene rings is 2. The molecule has 8 N–H and O–H groups in total. The van der Waals surface area contributed by atoms with Crippen LogP contribution in [0.1, 0.15) is 30.4 Å². The number of carbonyl (C=O) groups excluding carboxylic acids is 3. The average molecular weight is 603 g/mol.